The second-order valence-corrected chi connectivity index (χ2v) is 4.52. The maximum atomic E-state index is 12.9. The van der Waals surface area contributed by atoms with Gasteiger partial charge in [0.1, 0.15) is 0 Å². The first kappa shape index (κ1) is 13.1. The number of nitrogens with two attached hydrogens (primary N) is 1. The van der Waals surface area contributed by atoms with Crippen molar-refractivity contribution >= 4 is 0 Å². The van der Waals surface area contributed by atoms with Crippen molar-refractivity contribution < 1.29 is 8.78 Å². The summed E-state index contributed by atoms with van der Waals surface area (Å²) in [6, 6.07) is 3.92. The van der Waals surface area contributed by atoms with Crippen molar-refractivity contribution in [2.24, 2.45) is 5.73 Å². The van der Waals surface area contributed by atoms with E-state index < -0.39 is 11.6 Å². The topological polar surface area (TPSA) is 38.0 Å². The van der Waals surface area contributed by atoms with Crippen LogP contribution in [-0.2, 0) is 6.54 Å². The summed E-state index contributed by atoms with van der Waals surface area (Å²) >= 11 is 0. The van der Waals surface area contributed by atoms with Gasteiger partial charge in [0.15, 0.2) is 11.6 Å². The van der Waals surface area contributed by atoms with E-state index >= 15 is 0 Å². The number of benzene rings is 1. The van der Waals surface area contributed by atoms with E-state index in [4.69, 9.17) is 5.73 Å². The number of nitrogens with one attached hydrogen (secondary N) is 1. The van der Waals surface area contributed by atoms with E-state index in [0.717, 1.165) is 18.1 Å². The van der Waals surface area contributed by atoms with Gasteiger partial charge in [-0.15, -0.1) is 0 Å². The summed E-state index contributed by atoms with van der Waals surface area (Å²) in [4.78, 5) is 0. The monoisotopic (exact) mass is 228 g/mol. The fourth-order valence-corrected chi connectivity index (χ4v) is 1.44. The first-order valence-corrected chi connectivity index (χ1v) is 5.33. The highest BCUT2D eigenvalue weighted by atomic mass is 19.2. The molecule has 4 heteroatoms. The number of halogens is 2. The highest BCUT2D eigenvalue weighted by molar-refractivity contribution is 5.17. The molecule has 0 heterocycles. The fraction of sp³-hybridized carbons (Fsp3) is 0.500. The van der Waals surface area contributed by atoms with Crippen molar-refractivity contribution in [2.75, 3.05) is 6.54 Å². The molecule has 0 unspecified atom stereocenters. The summed E-state index contributed by atoms with van der Waals surface area (Å²) in [6.07, 6.45) is 0.830. The standard InChI is InChI=1S/C12H18F2N2/c1-12(2,5-6-15)16-8-9-3-4-10(13)11(14)7-9/h3-4,7,16H,5-6,8,15H2,1-2H3. The van der Waals surface area contributed by atoms with Crippen LogP contribution in [-0.4, -0.2) is 12.1 Å². The molecular weight excluding hydrogens is 210 g/mol. The van der Waals surface area contributed by atoms with Crippen LogP contribution in [0.5, 0.6) is 0 Å². The van der Waals surface area contributed by atoms with Crippen LogP contribution in [0.4, 0.5) is 8.78 Å². The minimum Gasteiger partial charge on any atom is -0.330 e. The molecule has 1 aromatic rings. The van der Waals surface area contributed by atoms with Gasteiger partial charge in [0.25, 0.3) is 0 Å². The Hall–Kier alpha value is -1.00. The molecule has 0 spiro atoms. The highest BCUT2D eigenvalue weighted by Crippen LogP contribution is 2.11. The minimum absolute atomic E-state index is 0.0976. The first-order chi connectivity index (χ1) is 7.44. The fourth-order valence-electron chi connectivity index (χ4n) is 1.44. The summed E-state index contributed by atoms with van der Waals surface area (Å²) in [5.41, 5.74) is 6.11. The predicted molar refractivity (Wildman–Crippen MR) is 60.9 cm³/mol. The Morgan fingerprint density at radius 2 is 1.94 bits per heavy atom. The van der Waals surface area contributed by atoms with Crippen molar-refractivity contribution in [1.82, 2.24) is 5.32 Å². The van der Waals surface area contributed by atoms with Crippen molar-refractivity contribution in [3.8, 4) is 0 Å². The zero-order valence-corrected chi connectivity index (χ0v) is 9.69. The Balaban J connectivity index is 2.57. The summed E-state index contributed by atoms with van der Waals surface area (Å²) in [6.45, 7) is 5.15. The van der Waals surface area contributed by atoms with Gasteiger partial charge in [-0.3, -0.25) is 0 Å². The van der Waals surface area contributed by atoms with E-state index in [2.05, 4.69) is 5.32 Å². The smallest absolute Gasteiger partial charge is 0.159 e. The molecule has 0 aliphatic rings. The SMILES string of the molecule is CC(C)(CCN)NCc1ccc(F)c(F)c1. The van der Waals surface area contributed by atoms with Crippen LogP contribution in [0.25, 0.3) is 0 Å². The molecule has 2 nitrogen and oxygen atoms in total. The van der Waals surface area contributed by atoms with Gasteiger partial charge < -0.3 is 11.1 Å². The van der Waals surface area contributed by atoms with Crippen molar-refractivity contribution in [1.29, 1.82) is 0 Å². The van der Waals surface area contributed by atoms with Gasteiger partial charge in [-0.1, -0.05) is 6.07 Å². The molecule has 16 heavy (non-hydrogen) atoms. The Bertz CT molecular complexity index is 351. The van der Waals surface area contributed by atoms with Crippen LogP contribution in [0, 0.1) is 11.6 Å². The molecular formula is C12H18F2N2. The normalized spacial score (nSPS) is 11.8. The molecule has 0 fully saturated rings. The lowest BCUT2D eigenvalue weighted by Gasteiger charge is -2.25. The van der Waals surface area contributed by atoms with E-state index in [0.29, 0.717) is 13.1 Å². The molecule has 0 aromatic heterocycles. The summed E-state index contributed by atoms with van der Waals surface area (Å²) < 4.78 is 25.6. The molecule has 0 amide bonds. The Morgan fingerprint density at radius 1 is 1.25 bits per heavy atom. The largest absolute Gasteiger partial charge is 0.330 e. The summed E-state index contributed by atoms with van der Waals surface area (Å²) in [7, 11) is 0. The minimum atomic E-state index is -0.815. The van der Waals surface area contributed by atoms with E-state index in [9.17, 15) is 8.78 Å². The summed E-state index contributed by atoms with van der Waals surface area (Å²) in [5, 5.41) is 3.25. The van der Waals surface area contributed by atoms with Crippen LogP contribution in [0.15, 0.2) is 18.2 Å². The van der Waals surface area contributed by atoms with Crippen LogP contribution >= 0.6 is 0 Å². The molecule has 3 N–H and O–H groups in total. The average Bonchev–Trinajstić information content (AvgIpc) is 2.20. The molecule has 0 bridgehead atoms. The predicted octanol–water partition coefficient (Wildman–Crippen LogP) is 2.18. The van der Waals surface area contributed by atoms with E-state index in [-0.39, 0.29) is 5.54 Å². The van der Waals surface area contributed by atoms with Gasteiger partial charge in [-0.2, -0.15) is 0 Å². The lowest BCUT2D eigenvalue weighted by Crippen LogP contribution is -2.40. The van der Waals surface area contributed by atoms with Crippen molar-refractivity contribution in [3.63, 3.8) is 0 Å². The maximum absolute atomic E-state index is 12.9. The van der Waals surface area contributed by atoms with Crippen LogP contribution in [0.1, 0.15) is 25.8 Å². The lowest BCUT2D eigenvalue weighted by atomic mass is 10.0. The highest BCUT2D eigenvalue weighted by Gasteiger charge is 2.15. The van der Waals surface area contributed by atoms with E-state index in [1.165, 1.54) is 6.07 Å². The lowest BCUT2D eigenvalue weighted by molar-refractivity contribution is 0.364. The quantitative estimate of drug-likeness (QED) is 0.810. The Kier molecular flexibility index (Phi) is 4.38. The third-order valence-corrected chi connectivity index (χ3v) is 2.52. The molecule has 1 rings (SSSR count). The molecule has 0 atom stereocenters. The third-order valence-electron chi connectivity index (χ3n) is 2.52. The number of hydrogen-bond donors (Lipinski definition) is 2. The van der Waals surface area contributed by atoms with Gasteiger partial charge in [0, 0.05) is 12.1 Å². The number of hydrogen-bond acceptors (Lipinski definition) is 2. The molecule has 90 valence electrons. The second kappa shape index (κ2) is 5.37. The molecule has 0 aliphatic heterocycles. The molecule has 0 aliphatic carbocycles. The van der Waals surface area contributed by atoms with Gasteiger partial charge in [-0.25, -0.2) is 8.78 Å². The van der Waals surface area contributed by atoms with Crippen LogP contribution in [0.2, 0.25) is 0 Å². The van der Waals surface area contributed by atoms with E-state index in [1.807, 2.05) is 13.8 Å². The number of rotatable bonds is 5. The zero-order valence-electron chi connectivity index (χ0n) is 9.69. The van der Waals surface area contributed by atoms with Crippen molar-refractivity contribution in [2.45, 2.75) is 32.4 Å². The average molecular weight is 228 g/mol. The van der Waals surface area contributed by atoms with Gasteiger partial charge in [-0.05, 0) is 44.5 Å². The van der Waals surface area contributed by atoms with Crippen LogP contribution in [0.3, 0.4) is 0 Å². The summed E-state index contributed by atoms with van der Waals surface area (Å²) in [5.74, 6) is -1.62. The van der Waals surface area contributed by atoms with Crippen LogP contribution < -0.4 is 11.1 Å². The molecule has 1 aromatic carbocycles. The van der Waals surface area contributed by atoms with Gasteiger partial charge in [0.05, 0.1) is 0 Å². The van der Waals surface area contributed by atoms with Gasteiger partial charge >= 0.3 is 0 Å². The Morgan fingerprint density at radius 3 is 2.50 bits per heavy atom. The molecule has 0 radical (unpaired) electrons. The molecule has 0 saturated carbocycles. The van der Waals surface area contributed by atoms with Gasteiger partial charge in [0.2, 0.25) is 0 Å². The zero-order chi connectivity index (χ0) is 12.2. The Labute approximate surface area is 94.8 Å². The molecule has 0 saturated heterocycles. The maximum Gasteiger partial charge on any atom is 0.159 e. The second-order valence-electron chi connectivity index (χ2n) is 4.52. The van der Waals surface area contributed by atoms with E-state index in [1.54, 1.807) is 6.07 Å². The third kappa shape index (κ3) is 3.87. The first-order valence-electron chi connectivity index (χ1n) is 5.33. The van der Waals surface area contributed by atoms with Crippen molar-refractivity contribution in [3.05, 3.63) is 35.4 Å².